The average molecular weight is 856 g/mol. The van der Waals surface area contributed by atoms with Crippen molar-refractivity contribution in [3.63, 3.8) is 0 Å². The summed E-state index contributed by atoms with van der Waals surface area (Å²) >= 11 is 0. The molecule has 0 bridgehead atoms. The van der Waals surface area contributed by atoms with Gasteiger partial charge in [-0.1, -0.05) is 208 Å². The molecule has 0 atom stereocenters. The molecular weight excluding hydrogens is 811 g/mol. The Morgan fingerprint density at radius 1 is 0.343 bits per heavy atom. The van der Waals surface area contributed by atoms with Crippen LogP contribution in [-0.2, 0) is 5.41 Å². The summed E-state index contributed by atoms with van der Waals surface area (Å²) in [4.78, 5) is 2.40. The third kappa shape index (κ3) is 6.32. The van der Waals surface area contributed by atoms with Crippen LogP contribution in [0.25, 0.3) is 99.1 Å². The second kappa shape index (κ2) is 15.3. The largest absolute Gasteiger partial charge is 0.455 e. The van der Waals surface area contributed by atoms with Crippen molar-refractivity contribution in [3.8, 4) is 55.6 Å². The molecule has 0 unspecified atom stereocenters. The van der Waals surface area contributed by atoms with Crippen LogP contribution in [0.3, 0.4) is 0 Å². The van der Waals surface area contributed by atoms with Crippen molar-refractivity contribution < 1.29 is 4.42 Å². The van der Waals surface area contributed by atoms with Gasteiger partial charge >= 0.3 is 0 Å². The number of nitrogens with zero attached hydrogens (tertiary/aromatic N) is 1. The first-order chi connectivity index (χ1) is 33.0. The predicted molar refractivity (Wildman–Crippen MR) is 283 cm³/mol. The van der Waals surface area contributed by atoms with E-state index < -0.39 is 0 Å². The van der Waals surface area contributed by atoms with E-state index in [-0.39, 0.29) is 5.41 Å². The van der Waals surface area contributed by atoms with Crippen LogP contribution in [0.15, 0.2) is 241 Å². The lowest BCUT2D eigenvalue weighted by Gasteiger charge is -2.28. The fourth-order valence-electron chi connectivity index (χ4n) is 11.0. The maximum Gasteiger partial charge on any atom is 0.143 e. The van der Waals surface area contributed by atoms with Crippen LogP contribution in [-0.4, -0.2) is 0 Å². The second-order valence-corrected chi connectivity index (χ2v) is 18.4. The minimum absolute atomic E-state index is 0.117. The SMILES string of the molecule is CC1(C)c2ccccc2-c2cccc(-c3ccc(N(c4ccc(-c5ccc(-c6cccc7ccccc67)cc5)cc4)c4ccccc4-c4cccc5c4oc4cc6ccccc6cc45)cc3)c21. The predicted octanol–water partition coefficient (Wildman–Crippen LogP) is 18.3. The van der Waals surface area contributed by atoms with Crippen molar-refractivity contribution in [2.24, 2.45) is 0 Å². The van der Waals surface area contributed by atoms with Crippen LogP contribution in [0.1, 0.15) is 25.0 Å². The van der Waals surface area contributed by atoms with Crippen LogP contribution < -0.4 is 4.90 Å². The Kier molecular flexibility index (Phi) is 8.91. The number of furan rings is 1. The molecule has 0 saturated heterocycles. The quantitative estimate of drug-likeness (QED) is 0.159. The van der Waals surface area contributed by atoms with Gasteiger partial charge in [-0.3, -0.25) is 0 Å². The van der Waals surface area contributed by atoms with Crippen molar-refractivity contribution in [2.75, 3.05) is 4.90 Å². The van der Waals surface area contributed by atoms with Gasteiger partial charge in [-0.15, -0.1) is 0 Å². The zero-order valence-electron chi connectivity index (χ0n) is 37.4. The van der Waals surface area contributed by atoms with Gasteiger partial charge in [0.1, 0.15) is 11.2 Å². The Labute approximate surface area is 390 Å². The van der Waals surface area contributed by atoms with Crippen molar-refractivity contribution in [1.29, 1.82) is 0 Å². The Morgan fingerprint density at radius 3 is 1.61 bits per heavy atom. The van der Waals surface area contributed by atoms with Crippen molar-refractivity contribution in [2.45, 2.75) is 19.3 Å². The van der Waals surface area contributed by atoms with Crippen LogP contribution in [0.2, 0.25) is 0 Å². The van der Waals surface area contributed by atoms with Gasteiger partial charge in [0.25, 0.3) is 0 Å². The molecule has 13 rings (SSSR count). The van der Waals surface area contributed by atoms with E-state index in [2.05, 4.69) is 255 Å². The molecule has 1 aliphatic rings. The lowest BCUT2D eigenvalue weighted by atomic mass is 9.79. The van der Waals surface area contributed by atoms with Crippen LogP contribution in [0.4, 0.5) is 17.1 Å². The Hall–Kier alpha value is -8.46. The van der Waals surface area contributed by atoms with Gasteiger partial charge in [0.2, 0.25) is 0 Å². The second-order valence-electron chi connectivity index (χ2n) is 18.4. The average Bonchev–Trinajstić information content (AvgIpc) is 3.87. The summed E-state index contributed by atoms with van der Waals surface area (Å²) in [5, 5.41) is 7.13. The standard InChI is InChI=1S/C65H45NO/c1-65(2)60-26-9-7-19-54(60)56-23-12-22-53(63(56)65)46-34-38-50(39-35-46)66(49-36-32-43(33-37-49)42-28-30-45(31-29-42)52-21-11-17-44-14-5-6-18-51(44)52)61-27-10-8-20-55(61)57-24-13-25-58-59-40-47-15-3-4-16-48(47)41-62(59)67-64(57)58/h3-41H,1-2H3. The van der Waals surface area contributed by atoms with E-state index >= 15 is 0 Å². The molecule has 316 valence electrons. The molecule has 0 spiro atoms. The summed E-state index contributed by atoms with van der Waals surface area (Å²) < 4.78 is 6.84. The molecule has 0 N–H and O–H groups in total. The molecule has 67 heavy (non-hydrogen) atoms. The maximum absolute atomic E-state index is 6.84. The van der Waals surface area contributed by atoms with Crippen molar-refractivity contribution in [3.05, 3.63) is 248 Å². The summed E-state index contributed by atoms with van der Waals surface area (Å²) in [5.41, 5.74) is 19.7. The summed E-state index contributed by atoms with van der Waals surface area (Å²) in [6.45, 7) is 4.73. The Balaban J connectivity index is 0.928. The molecule has 0 amide bonds. The van der Waals surface area contributed by atoms with E-state index in [0.717, 1.165) is 55.7 Å². The smallest absolute Gasteiger partial charge is 0.143 e. The van der Waals surface area contributed by atoms with Gasteiger partial charge in [-0.05, 0) is 120 Å². The molecule has 0 aliphatic heterocycles. The van der Waals surface area contributed by atoms with Crippen LogP contribution >= 0.6 is 0 Å². The van der Waals surface area contributed by atoms with Crippen LogP contribution in [0, 0.1) is 0 Å². The molecule has 1 aliphatic carbocycles. The van der Waals surface area contributed by atoms with Gasteiger partial charge in [0, 0.05) is 38.7 Å². The van der Waals surface area contributed by atoms with Gasteiger partial charge in [0.05, 0.1) is 5.69 Å². The minimum atomic E-state index is -0.117. The van der Waals surface area contributed by atoms with E-state index in [0.29, 0.717) is 0 Å². The number of hydrogen-bond acceptors (Lipinski definition) is 2. The molecule has 2 nitrogen and oxygen atoms in total. The lowest BCUT2D eigenvalue weighted by molar-refractivity contribution is 0.662. The number of rotatable bonds is 7. The van der Waals surface area contributed by atoms with E-state index in [9.17, 15) is 0 Å². The van der Waals surface area contributed by atoms with Gasteiger partial charge in [-0.2, -0.15) is 0 Å². The highest BCUT2D eigenvalue weighted by Crippen LogP contribution is 2.52. The molecule has 0 radical (unpaired) electrons. The molecule has 0 fully saturated rings. The van der Waals surface area contributed by atoms with Crippen LogP contribution in [0.5, 0.6) is 0 Å². The van der Waals surface area contributed by atoms with Crippen molar-refractivity contribution >= 4 is 60.5 Å². The fraction of sp³-hybridized carbons (Fsp3) is 0.0462. The molecule has 1 heterocycles. The zero-order chi connectivity index (χ0) is 44.6. The highest BCUT2D eigenvalue weighted by Gasteiger charge is 2.37. The first-order valence-electron chi connectivity index (χ1n) is 23.2. The number of fused-ring (bicyclic) bond motifs is 8. The first kappa shape index (κ1) is 39.0. The minimum Gasteiger partial charge on any atom is -0.455 e. The van der Waals surface area contributed by atoms with Gasteiger partial charge in [-0.25, -0.2) is 0 Å². The fourth-order valence-corrected chi connectivity index (χ4v) is 11.0. The Bertz CT molecular complexity index is 3870. The third-order valence-corrected chi connectivity index (χ3v) is 14.3. The first-order valence-corrected chi connectivity index (χ1v) is 23.2. The lowest BCUT2D eigenvalue weighted by Crippen LogP contribution is -2.16. The molecular formula is C65H45NO. The number of para-hydroxylation sites is 2. The summed E-state index contributed by atoms with van der Waals surface area (Å²) in [6, 6.07) is 86.3. The highest BCUT2D eigenvalue weighted by atomic mass is 16.3. The van der Waals surface area contributed by atoms with E-state index in [1.807, 2.05) is 0 Å². The van der Waals surface area contributed by atoms with Crippen molar-refractivity contribution in [1.82, 2.24) is 0 Å². The molecule has 0 saturated carbocycles. The number of hydrogen-bond donors (Lipinski definition) is 0. The highest BCUT2D eigenvalue weighted by molar-refractivity contribution is 6.14. The van der Waals surface area contributed by atoms with E-state index in [4.69, 9.17) is 4.42 Å². The maximum atomic E-state index is 6.84. The van der Waals surface area contributed by atoms with E-state index in [1.165, 1.54) is 71.6 Å². The van der Waals surface area contributed by atoms with Gasteiger partial charge in [0.15, 0.2) is 0 Å². The Morgan fingerprint density at radius 2 is 0.836 bits per heavy atom. The summed E-state index contributed by atoms with van der Waals surface area (Å²) in [6.07, 6.45) is 0. The van der Waals surface area contributed by atoms with Gasteiger partial charge < -0.3 is 9.32 Å². The number of anilines is 3. The summed E-state index contributed by atoms with van der Waals surface area (Å²) in [5.74, 6) is 0. The monoisotopic (exact) mass is 855 g/mol. The molecule has 1 aromatic heterocycles. The topological polar surface area (TPSA) is 16.4 Å². The summed E-state index contributed by atoms with van der Waals surface area (Å²) in [7, 11) is 0. The third-order valence-electron chi connectivity index (χ3n) is 14.3. The molecule has 2 heteroatoms. The normalized spacial score (nSPS) is 12.7. The van der Waals surface area contributed by atoms with E-state index in [1.54, 1.807) is 0 Å². The number of benzene rings is 11. The molecule has 11 aromatic carbocycles. The molecule has 12 aromatic rings. The zero-order valence-corrected chi connectivity index (χ0v) is 37.4.